The van der Waals surface area contributed by atoms with Gasteiger partial charge in [-0.2, -0.15) is 5.26 Å². The number of hydrogen-bond acceptors (Lipinski definition) is 4. The first-order chi connectivity index (χ1) is 13.1. The van der Waals surface area contributed by atoms with Gasteiger partial charge < -0.3 is 10.2 Å². The Morgan fingerprint density at radius 2 is 1.78 bits per heavy atom. The molecule has 0 unspecified atom stereocenters. The van der Waals surface area contributed by atoms with Crippen molar-refractivity contribution in [3.8, 4) is 6.07 Å². The molecular weight excluding hydrogens is 358 g/mol. The molecule has 0 saturated heterocycles. The van der Waals surface area contributed by atoms with E-state index in [0.717, 1.165) is 5.56 Å². The van der Waals surface area contributed by atoms with E-state index in [1.165, 1.54) is 11.3 Å². The van der Waals surface area contributed by atoms with Gasteiger partial charge in [0.05, 0.1) is 16.5 Å². The molecule has 0 bridgehead atoms. The minimum atomic E-state index is -0.165. The number of nitrogens with one attached hydrogen (secondary N) is 1. The maximum Gasteiger partial charge on any atom is 0.265 e. The van der Waals surface area contributed by atoms with Crippen molar-refractivity contribution in [3.05, 3.63) is 87.6 Å². The molecule has 0 aliphatic heterocycles. The quantitative estimate of drug-likeness (QED) is 0.728. The predicted molar refractivity (Wildman–Crippen MR) is 106 cm³/mol. The zero-order valence-corrected chi connectivity index (χ0v) is 15.5. The zero-order valence-electron chi connectivity index (χ0n) is 14.7. The van der Waals surface area contributed by atoms with Crippen molar-refractivity contribution in [1.82, 2.24) is 4.90 Å². The third kappa shape index (κ3) is 4.60. The van der Waals surface area contributed by atoms with Crippen LogP contribution in [0, 0.1) is 11.3 Å². The number of amides is 2. The summed E-state index contributed by atoms with van der Waals surface area (Å²) in [6.45, 7) is 0.446. The highest BCUT2D eigenvalue weighted by molar-refractivity contribution is 7.12. The molecule has 0 aliphatic carbocycles. The topological polar surface area (TPSA) is 73.2 Å². The molecule has 2 aromatic carbocycles. The van der Waals surface area contributed by atoms with Crippen molar-refractivity contribution in [2.24, 2.45) is 0 Å². The van der Waals surface area contributed by atoms with Gasteiger partial charge in [-0.3, -0.25) is 9.59 Å². The summed E-state index contributed by atoms with van der Waals surface area (Å²) >= 11 is 1.37. The van der Waals surface area contributed by atoms with Gasteiger partial charge in [0.1, 0.15) is 0 Å². The van der Waals surface area contributed by atoms with E-state index in [4.69, 9.17) is 5.26 Å². The first kappa shape index (κ1) is 18.4. The third-order valence-electron chi connectivity index (χ3n) is 3.98. The molecule has 1 heterocycles. The standard InChI is InChI=1S/C21H17N3O2S/c1-24(14-16-6-4-15(13-22)5-7-16)21(26)17-8-10-18(11-9-17)23-20(25)19-3-2-12-27-19/h2-12H,14H2,1H3,(H,23,25). The van der Waals surface area contributed by atoms with Gasteiger partial charge in [0.15, 0.2) is 0 Å². The van der Waals surface area contributed by atoms with Crippen molar-refractivity contribution < 1.29 is 9.59 Å². The fourth-order valence-electron chi connectivity index (χ4n) is 2.55. The second kappa shape index (κ2) is 8.30. The highest BCUT2D eigenvalue weighted by atomic mass is 32.1. The van der Waals surface area contributed by atoms with Gasteiger partial charge in [0.25, 0.3) is 11.8 Å². The van der Waals surface area contributed by atoms with Crippen LogP contribution < -0.4 is 5.32 Å². The average Bonchev–Trinajstić information content (AvgIpc) is 3.23. The molecule has 27 heavy (non-hydrogen) atoms. The monoisotopic (exact) mass is 375 g/mol. The van der Waals surface area contributed by atoms with E-state index in [9.17, 15) is 9.59 Å². The minimum Gasteiger partial charge on any atom is -0.337 e. The molecule has 0 saturated carbocycles. The molecule has 0 fully saturated rings. The maximum atomic E-state index is 12.6. The molecule has 5 nitrogen and oxygen atoms in total. The Labute approximate surface area is 161 Å². The number of carbonyl (C=O) groups is 2. The summed E-state index contributed by atoms with van der Waals surface area (Å²) in [6.07, 6.45) is 0. The molecule has 0 radical (unpaired) electrons. The zero-order chi connectivity index (χ0) is 19.2. The fraction of sp³-hybridized carbons (Fsp3) is 0.0952. The normalized spacial score (nSPS) is 10.1. The molecule has 6 heteroatoms. The lowest BCUT2D eigenvalue weighted by Gasteiger charge is -2.17. The van der Waals surface area contributed by atoms with Gasteiger partial charge in [-0.1, -0.05) is 18.2 Å². The summed E-state index contributed by atoms with van der Waals surface area (Å²) in [6, 6.07) is 19.6. The van der Waals surface area contributed by atoms with E-state index in [2.05, 4.69) is 11.4 Å². The van der Waals surface area contributed by atoms with Crippen LogP contribution in [0.4, 0.5) is 5.69 Å². The Hall–Kier alpha value is -3.43. The number of thiophene rings is 1. The molecule has 1 aromatic heterocycles. The van der Waals surface area contributed by atoms with E-state index in [1.54, 1.807) is 54.4 Å². The molecule has 0 spiro atoms. The average molecular weight is 375 g/mol. The lowest BCUT2D eigenvalue weighted by molar-refractivity contribution is 0.0785. The van der Waals surface area contributed by atoms with Crippen molar-refractivity contribution in [2.75, 3.05) is 12.4 Å². The minimum absolute atomic E-state index is 0.115. The summed E-state index contributed by atoms with van der Waals surface area (Å²) in [7, 11) is 1.73. The van der Waals surface area contributed by atoms with E-state index in [1.807, 2.05) is 23.6 Å². The first-order valence-electron chi connectivity index (χ1n) is 8.26. The van der Waals surface area contributed by atoms with Gasteiger partial charge in [0.2, 0.25) is 0 Å². The van der Waals surface area contributed by atoms with Gasteiger partial charge in [-0.05, 0) is 53.4 Å². The third-order valence-corrected chi connectivity index (χ3v) is 4.85. The van der Waals surface area contributed by atoms with Crippen molar-refractivity contribution in [2.45, 2.75) is 6.54 Å². The van der Waals surface area contributed by atoms with E-state index < -0.39 is 0 Å². The van der Waals surface area contributed by atoms with Gasteiger partial charge in [-0.25, -0.2) is 0 Å². The molecule has 2 amide bonds. The van der Waals surface area contributed by atoms with Crippen LogP contribution in [0.2, 0.25) is 0 Å². The Kier molecular flexibility index (Phi) is 5.64. The Morgan fingerprint density at radius 3 is 2.37 bits per heavy atom. The number of carbonyl (C=O) groups excluding carboxylic acids is 2. The van der Waals surface area contributed by atoms with E-state index in [0.29, 0.717) is 28.2 Å². The maximum absolute atomic E-state index is 12.6. The van der Waals surface area contributed by atoms with Crippen LogP contribution in [0.5, 0.6) is 0 Å². The van der Waals surface area contributed by atoms with Gasteiger partial charge in [-0.15, -0.1) is 11.3 Å². The van der Waals surface area contributed by atoms with Crippen LogP contribution in [0.1, 0.15) is 31.2 Å². The van der Waals surface area contributed by atoms with Crippen molar-refractivity contribution >= 4 is 28.8 Å². The number of nitriles is 1. The fourth-order valence-corrected chi connectivity index (χ4v) is 3.17. The summed E-state index contributed by atoms with van der Waals surface area (Å²) in [5.74, 6) is -0.280. The summed E-state index contributed by atoms with van der Waals surface area (Å²) in [4.78, 5) is 26.9. The van der Waals surface area contributed by atoms with Crippen LogP contribution in [0.15, 0.2) is 66.0 Å². The SMILES string of the molecule is CN(Cc1ccc(C#N)cc1)C(=O)c1ccc(NC(=O)c2cccs2)cc1. The van der Waals surface area contributed by atoms with Crippen molar-refractivity contribution in [1.29, 1.82) is 5.26 Å². The lowest BCUT2D eigenvalue weighted by atomic mass is 10.1. The Bertz CT molecular complexity index is 972. The van der Waals surface area contributed by atoms with Crippen LogP contribution in [0.25, 0.3) is 0 Å². The summed E-state index contributed by atoms with van der Waals surface area (Å²) in [5, 5.41) is 13.5. The van der Waals surface area contributed by atoms with Gasteiger partial charge >= 0.3 is 0 Å². The van der Waals surface area contributed by atoms with Crippen LogP contribution >= 0.6 is 11.3 Å². The van der Waals surface area contributed by atoms with E-state index >= 15 is 0 Å². The Balaban J connectivity index is 1.62. The highest BCUT2D eigenvalue weighted by Gasteiger charge is 2.13. The molecule has 0 aliphatic rings. The highest BCUT2D eigenvalue weighted by Crippen LogP contribution is 2.16. The molecule has 0 atom stereocenters. The lowest BCUT2D eigenvalue weighted by Crippen LogP contribution is -2.26. The smallest absolute Gasteiger partial charge is 0.265 e. The predicted octanol–water partition coefficient (Wildman–Crippen LogP) is 4.14. The number of benzene rings is 2. The number of rotatable bonds is 5. The van der Waals surface area contributed by atoms with Crippen molar-refractivity contribution in [3.63, 3.8) is 0 Å². The van der Waals surface area contributed by atoms with Crippen LogP contribution in [-0.4, -0.2) is 23.8 Å². The largest absolute Gasteiger partial charge is 0.337 e. The molecular formula is C21H17N3O2S. The Morgan fingerprint density at radius 1 is 1.07 bits per heavy atom. The number of nitrogens with zero attached hydrogens (tertiary/aromatic N) is 2. The number of hydrogen-bond donors (Lipinski definition) is 1. The molecule has 134 valence electrons. The number of anilines is 1. The molecule has 3 rings (SSSR count). The second-order valence-electron chi connectivity index (χ2n) is 5.98. The molecule has 3 aromatic rings. The second-order valence-corrected chi connectivity index (χ2v) is 6.93. The van der Waals surface area contributed by atoms with Crippen LogP contribution in [-0.2, 0) is 6.54 Å². The molecule has 1 N–H and O–H groups in total. The van der Waals surface area contributed by atoms with Crippen LogP contribution in [0.3, 0.4) is 0 Å². The summed E-state index contributed by atoms with van der Waals surface area (Å²) < 4.78 is 0. The first-order valence-corrected chi connectivity index (χ1v) is 9.14. The van der Waals surface area contributed by atoms with Gasteiger partial charge in [0, 0.05) is 24.8 Å². The van der Waals surface area contributed by atoms with E-state index in [-0.39, 0.29) is 11.8 Å². The summed E-state index contributed by atoms with van der Waals surface area (Å²) in [5.41, 5.74) is 2.72.